The third kappa shape index (κ3) is 5.71. The van der Waals surface area contributed by atoms with Crippen LogP contribution in [0.15, 0.2) is 42.6 Å². The van der Waals surface area contributed by atoms with Crippen LogP contribution in [-0.2, 0) is 6.42 Å². The molecule has 0 bridgehead atoms. The Hall–Kier alpha value is -2.61. The van der Waals surface area contributed by atoms with E-state index in [0.29, 0.717) is 18.8 Å². The van der Waals surface area contributed by atoms with Crippen LogP contribution in [0.4, 0.5) is 5.69 Å². The molecule has 2 aliphatic rings. The number of fused-ring (bicyclic) bond motifs is 2. The molecule has 9 heteroatoms. The van der Waals surface area contributed by atoms with Gasteiger partial charge in [0.15, 0.2) is 11.5 Å². The number of piperazine rings is 1. The van der Waals surface area contributed by atoms with Crippen LogP contribution in [0.25, 0.3) is 10.9 Å². The predicted octanol–water partition coefficient (Wildman–Crippen LogP) is 4.03. The Balaban J connectivity index is 0.00000162. The van der Waals surface area contributed by atoms with Crippen molar-refractivity contribution >= 4 is 47.3 Å². The maximum atomic E-state index is 11.5. The summed E-state index contributed by atoms with van der Waals surface area (Å²) in [4.78, 5) is 19.8. The van der Waals surface area contributed by atoms with E-state index in [1.807, 2.05) is 18.2 Å². The van der Waals surface area contributed by atoms with Crippen LogP contribution in [0.3, 0.4) is 0 Å². The van der Waals surface area contributed by atoms with Crippen LogP contribution < -0.4 is 20.1 Å². The molecular weight excluding hydrogens is 475 g/mol. The fourth-order valence-electron chi connectivity index (χ4n) is 4.65. The minimum atomic E-state index is -0.380. The van der Waals surface area contributed by atoms with E-state index in [1.165, 1.54) is 11.3 Å². The van der Waals surface area contributed by atoms with Gasteiger partial charge in [0.2, 0.25) is 5.91 Å². The van der Waals surface area contributed by atoms with Crippen molar-refractivity contribution in [1.82, 2.24) is 9.88 Å². The van der Waals surface area contributed by atoms with Crippen molar-refractivity contribution < 1.29 is 14.3 Å². The topological polar surface area (TPSA) is 83.8 Å². The molecule has 184 valence electrons. The van der Waals surface area contributed by atoms with E-state index in [1.54, 1.807) is 6.07 Å². The van der Waals surface area contributed by atoms with Crippen molar-refractivity contribution in [2.75, 3.05) is 50.8 Å². The number of nitrogens with two attached hydrogens (primary N) is 1. The van der Waals surface area contributed by atoms with Gasteiger partial charge in [-0.05, 0) is 61.7 Å². The molecule has 7 nitrogen and oxygen atoms in total. The first kappa shape index (κ1) is 26.0. The minimum Gasteiger partial charge on any atom is -0.486 e. The molecule has 3 N–H and O–H groups in total. The van der Waals surface area contributed by atoms with Crippen molar-refractivity contribution in [3.05, 3.63) is 53.7 Å². The number of hydrogen-bond acceptors (Lipinski definition) is 5. The summed E-state index contributed by atoms with van der Waals surface area (Å²) in [6.45, 7) is 6.56. The highest BCUT2D eigenvalue weighted by molar-refractivity contribution is 5.97. The van der Waals surface area contributed by atoms with E-state index < -0.39 is 0 Å². The second kappa shape index (κ2) is 11.7. The molecule has 0 saturated carbocycles. The van der Waals surface area contributed by atoms with Gasteiger partial charge in [-0.15, -0.1) is 24.8 Å². The number of aryl methyl sites for hydroxylation is 1. The van der Waals surface area contributed by atoms with Crippen molar-refractivity contribution in [1.29, 1.82) is 0 Å². The van der Waals surface area contributed by atoms with Crippen LogP contribution in [0.2, 0.25) is 0 Å². The molecule has 1 aromatic heterocycles. The Labute approximate surface area is 212 Å². The van der Waals surface area contributed by atoms with E-state index in [9.17, 15) is 4.79 Å². The van der Waals surface area contributed by atoms with Gasteiger partial charge < -0.3 is 25.1 Å². The number of aromatic amines is 1. The van der Waals surface area contributed by atoms with Gasteiger partial charge in [-0.2, -0.15) is 0 Å². The van der Waals surface area contributed by atoms with Gasteiger partial charge >= 0.3 is 0 Å². The average Bonchev–Trinajstić information content (AvgIpc) is 3.24. The smallest absolute Gasteiger partial charge is 0.248 e. The molecule has 1 fully saturated rings. The monoisotopic (exact) mass is 506 g/mol. The minimum absolute atomic E-state index is 0. The number of nitrogens with one attached hydrogen (secondary N) is 1. The van der Waals surface area contributed by atoms with E-state index in [2.05, 4.69) is 33.1 Å². The number of anilines is 1. The Bertz CT molecular complexity index is 1110. The number of unbranched alkanes of at least 4 members (excludes halogenated alkanes) is 1. The lowest BCUT2D eigenvalue weighted by Gasteiger charge is -2.36. The molecule has 3 heterocycles. The number of halogens is 2. The quantitative estimate of drug-likeness (QED) is 0.472. The molecule has 0 aliphatic carbocycles. The van der Waals surface area contributed by atoms with E-state index in [-0.39, 0.29) is 30.7 Å². The molecule has 0 unspecified atom stereocenters. The summed E-state index contributed by atoms with van der Waals surface area (Å²) in [5.74, 6) is 1.32. The molecule has 1 saturated heterocycles. The summed E-state index contributed by atoms with van der Waals surface area (Å²) in [6.07, 6.45) is 5.34. The highest BCUT2D eigenvalue weighted by Gasteiger charge is 2.19. The number of rotatable bonds is 7. The number of primary amides is 1. The first-order chi connectivity index (χ1) is 15.7. The maximum absolute atomic E-state index is 11.5. The molecule has 1 amide bonds. The first-order valence-corrected chi connectivity index (χ1v) is 11.4. The number of ether oxygens (including phenoxy) is 2. The van der Waals surface area contributed by atoms with Crippen LogP contribution in [0.1, 0.15) is 28.8 Å². The molecule has 0 radical (unpaired) electrons. The van der Waals surface area contributed by atoms with Crippen molar-refractivity contribution in [2.45, 2.75) is 19.3 Å². The largest absolute Gasteiger partial charge is 0.486 e. The van der Waals surface area contributed by atoms with Crippen molar-refractivity contribution in [3.63, 3.8) is 0 Å². The Kier molecular flexibility index (Phi) is 8.94. The summed E-state index contributed by atoms with van der Waals surface area (Å²) in [6, 6.07) is 11.9. The van der Waals surface area contributed by atoms with Gasteiger partial charge in [0.25, 0.3) is 0 Å². The second-order valence-corrected chi connectivity index (χ2v) is 8.55. The number of carbonyl (C=O) groups is 1. The number of nitrogens with zero attached hydrogens (tertiary/aromatic N) is 2. The summed E-state index contributed by atoms with van der Waals surface area (Å²) in [5.41, 5.74) is 9.52. The van der Waals surface area contributed by atoms with E-state index >= 15 is 0 Å². The van der Waals surface area contributed by atoms with Gasteiger partial charge in [0, 0.05) is 60.6 Å². The summed E-state index contributed by atoms with van der Waals surface area (Å²) >= 11 is 0. The molecule has 0 atom stereocenters. The lowest BCUT2D eigenvalue weighted by atomic mass is 10.0. The zero-order valence-corrected chi connectivity index (χ0v) is 20.8. The van der Waals surface area contributed by atoms with Crippen LogP contribution >= 0.6 is 24.8 Å². The number of hydrogen-bond donors (Lipinski definition) is 2. The molecule has 2 aromatic carbocycles. The zero-order chi connectivity index (χ0) is 21.9. The summed E-state index contributed by atoms with van der Waals surface area (Å²) in [5, 5.41) is 1.11. The van der Waals surface area contributed by atoms with Crippen LogP contribution in [-0.4, -0.2) is 61.7 Å². The lowest BCUT2D eigenvalue weighted by Crippen LogP contribution is -2.46. The zero-order valence-electron chi connectivity index (χ0n) is 19.1. The molecule has 5 rings (SSSR count). The van der Waals surface area contributed by atoms with Gasteiger partial charge in [0.05, 0.1) is 0 Å². The summed E-state index contributed by atoms with van der Waals surface area (Å²) < 4.78 is 11.4. The average molecular weight is 507 g/mol. The standard InChI is InChI=1S/C25H30N4O3.2ClH/c26-25(30)18-4-6-22-21(15-18)19(17-27-22)3-1-2-8-28-9-11-29(12-10-28)20-5-7-23-24(16-20)32-14-13-31-23;;/h4-7,15-17,27H,1-3,8-14H2,(H2,26,30);2*1H. The third-order valence-electron chi connectivity index (χ3n) is 6.49. The Morgan fingerprint density at radius 2 is 1.71 bits per heavy atom. The third-order valence-corrected chi connectivity index (χ3v) is 6.49. The fraction of sp³-hybridized carbons (Fsp3) is 0.400. The number of benzene rings is 2. The number of carbonyl (C=O) groups excluding carboxylic acids is 1. The molecule has 2 aliphatic heterocycles. The van der Waals surface area contributed by atoms with Crippen molar-refractivity contribution in [3.8, 4) is 11.5 Å². The Morgan fingerprint density at radius 3 is 2.47 bits per heavy atom. The molecular formula is C25H32Cl2N4O3. The van der Waals surface area contributed by atoms with Crippen molar-refractivity contribution in [2.24, 2.45) is 5.73 Å². The van der Waals surface area contributed by atoms with E-state index in [0.717, 1.165) is 74.4 Å². The number of aromatic nitrogens is 1. The maximum Gasteiger partial charge on any atom is 0.248 e. The molecule has 0 spiro atoms. The highest BCUT2D eigenvalue weighted by atomic mass is 35.5. The lowest BCUT2D eigenvalue weighted by molar-refractivity contribution is 0.100. The SMILES string of the molecule is Cl.Cl.NC(=O)c1ccc2[nH]cc(CCCCN3CCN(c4ccc5c(c4)OCCO5)CC3)c2c1. The second-order valence-electron chi connectivity index (χ2n) is 8.55. The Morgan fingerprint density at radius 1 is 0.941 bits per heavy atom. The van der Waals surface area contributed by atoms with Gasteiger partial charge in [0.1, 0.15) is 13.2 Å². The summed E-state index contributed by atoms with van der Waals surface area (Å²) in [7, 11) is 0. The van der Waals surface area contributed by atoms with Crippen LogP contribution in [0, 0.1) is 0 Å². The van der Waals surface area contributed by atoms with Gasteiger partial charge in [-0.25, -0.2) is 0 Å². The number of amides is 1. The molecule has 3 aromatic rings. The van der Waals surface area contributed by atoms with E-state index in [4.69, 9.17) is 15.2 Å². The normalized spacial score (nSPS) is 15.5. The number of H-pyrrole nitrogens is 1. The fourth-order valence-corrected chi connectivity index (χ4v) is 4.65. The highest BCUT2D eigenvalue weighted by Crippen LogP contribution is 2.34. The predicted molar refractivity (Wildman–Crippen MR) is 140 cm³/mol. The van der Waals surface area contributed by atoms with Crippen LogP contribution in [0.5, 0.6) is 11.5 Å². The van der Waals surface area contributed by atoms with Gasteiger partial charge in [-0.1, -0.05) is 0 Å². The first-order valence-electron chi connectivity index (χ1n) is 11.4. The molecule has 34 heavy (non-hydrogen) atoms. The van der Waals surface area contributed by atoms with Gasteiger partial charge in [-0.3, -0.25) is 9.69 Å².